The second-order valence-corrected chi connectivity index (χ2v) is 5.96. The van der Waals surface area contributed by atoms with E-state index in [4.69, 9.17) is 4.74 Å². The van der Waals surface area contributed by atoms with Gasteiger partial charge in [-0.25, -0.2) is 5.43 Å². The topological polar surface area (TPSA) is 70.9 Å². The average molecular weight is 377 g/mol. The van der Waals surface area contributed by atoms with Crippen LogP contribution in [0.25, 0.3) is 0 Å². The summed E-state index contributed by atoms with van der Waals surface area (Å²) in [5.74, 6) is 0.369. The zero-order chi connectivity index (χ0) is 17.0. The monoisotopic (exact) mass is 376 g/mol. The third-order valence-electron chi connectivity index (χ3n) is 3.30. The Morgan fingerprint density at radius 3 is 2.52 bits per heavy atom. The van der Waals surface area contributed by atoms with Crippen LogP contribution in [-0.4, -0.2) is 24.3 Å². The summed E-state index contributed by atoms with van der Waals surface area (Å²) >= 11 is 3.32. The highest BCUT2D eigenvalue weighted by Gasteiger charge is 2.12. The van der Waals surface area contributed by atoms with E-state index in [9.17, 15) is 9.90 Å². The maximum Gasteiger partial charge on any atom is 0.275 e. The quantitative estimate of drug-likeness (QED) is 0.633. The van der Waals surface area contributed by atoms with Crippen molar-refractivity contribution in [3.05, 3.63) is 57.1 Å². The van der Waals surface area contributed by atoms with E-state index in [0.29, 0.717) is 11.3 Å². The number of hydrogen-bond acceptors (Lipinski definition) is 4. The van der Waals surface area contributed by atoms with Crippen molar-refractivity contribution in [2.45, 2.75) is 13.8 Å². The van der Waals surface area contributed by atoms with Crippen LogP contribution >= 0.6 is 15.9 Å². The SMILES string of the molecule is COc1ccc(Br)cc1C(=O)N/N=C/c1cc(C)c(O)c(C)c1. The lowest BCUT2D eigenvalue weighted by Gasteiger charge is -2.07. The number of nitrogens with zero attached hydrogens (tertiary/aromatic N) is 1. The highest BCUT2D eigenvalue weighted by Crippen LogP contribution is 2.23. The molecule has 1 amide bonds. The van der Waals surface area contributed by atoms with E-state index in [1.165, 1.54) is 13.3 Å². The van der Waals surface area contributed by atoms with Crippen LogP contribution in [0.4, 0.5) is 0 Å². The Hall–Kier alpha value is -2.34. The number of methoxy groups -OCH3 is 1. The van der Waals surface area contributed by atoms with Gasteiger partial charge in [0, 0.05) is 4.47 Å². The van der Waals surface area contributed by atoms with E-state index in [1.807, 2.05) is 13.8 Å². The fourth-order valence-electron chi connectivity index (χ4n) is 2.15. The fourth-order valence-corrected chi connectivity index (χ4v) is 2.51. The highest BCUT2D eigenvalue weighted by atomic mass is 79.9. The van der Waals surface area contributed by atoms with Crippen LogP contribution in [0.2, 0.25) is 0 Å². The van der Waals surface area contributed by atoms with Crippen molar-refractivity contribution in [2.24, 2.45) is 5.10 Å². The molecule has 0 aliphatic carbocycles. The molecule has 23 heavy (non-hydrogen) atoms. The molecule has 120 valence electrons. The molecule has 0 aromatic heterocycles. The number of carbonyl (C=O) groups is 1. The molecule has 2 N–H and O–H groups in total. The molecule has 2 aromatic carbocycles. The van der Waals surface area contributed by atoms with Crippen molar-refractivity contribution in [3.63, 3.8) is 0 Å². The molecule has 5 nitrogen and oxygen atoms in total. The number of carbonyl (C=O) groups excluding carboxylic acids is 1. The second kappa shape index (κ2) is 7.28. The third-order valence-corrected chi connectivity index (χ3v) is 3.79. The number of rotatable bonds is 4. The summed E-state index contributed by atoms with van der Waals surface area (Å²) in [6, 6.07) is 8.74. The molecule has 0 fully saturated rings. The smallest absolute Gasteiger partial charge is 0.275 e. The number of aryl methyl sites for hydroxylation is 2. The van der Waals surface area contributed by atoms with Gasteiger partial charge in [-0.05, 0) is 60.9 Å². The number of nitrogens with one attached hydrogen (secondary N) is 1. The molecule has 0 bridgehead atoms. The van der Waals surface area contributed by atoms with E-state index >= 15 is 0 Å². The lowest BCUT2D eigenvalue weighted by atomic mass is 10.1. The Morgan fingerprint density at radius 1 is 1.26 bits per heavy atom. The van der Waals surface area contributed by atoms with E-state index in [0.717, 1.165) is 21.2 Å². The van der Waals surface area contributed by atoms with Gasteiger partial charge in [0.2, 0.25) is 0 Å². The Kier molecular flexibility index (Phi) is 5.39. The van der Waals surface area contributed by atoms with Crippen molar-refractivity contribution < 1.29 is 14.6 Å². The normalized spacial score (nSPS) is 10.8. The van der Waals surface area contributed by atoms with Gasteiger partial charge in [-0.3, -0.25) is 4.79 Å². The molecule has 0 saturated carbocycles. The summed E-state index contributed by atoms with van der Waals surface area (Å²) in [6.07, 6.45) is 1.53. The molecule has 2 rings (SSSR count). The van der Waals surface area contributed by atoms with Crippen LogP contribution in [0.1, 0.15) is 27.0 Å². The molecular formula is C17H17BrN2O3. The number of aromatic hydroxyl groups is 1. The van der Waals surface area contributed by atoms with E-state index in [1.54, 1.807) is 30.3 Å². The lowest BCUT2D eigenvalue weighted by molar-refractivity contribution is 0.0952. The van der Waals surface area contributed by atoms with Gasteiger partial charge < -0.3 is 9.84 Å². The number of hydrazone groups is 1. The van der Waals surface area contributed by atoms with Crippen LogP contribution in [-0.2, 0) is 0 Å². The number of hydrogen-bond donors (Lipinski definition) is 2. The largest absolute Gasteiger partial charge is 0.507 e. The van der Waals surface area contributed by atoms with Gasteiger partial charge in [0.05, 0.1) is 18.9 Å². The molecule has 0 spiro atoms. The molecule has 0 aliphatic heterocycles. The molecule has 0 saturated heterocycles. The Labute approximate surface area is 143 Å². The van der Waals surface area contributed by atoms with Gasteiger partial charge in [-0.2, -0.15) is 5.10 Å². The Balaban J connectivity index is 2.14. The second-order valence-electron chi connectivity index (χ2n) is 5.05. The predicted molar refractivity (Wildman–Crippen MR) is 93.3 cm³/mol. The number of halogens is 1. The first-order valence-corrected chi connectivity index (χ1v) is 7.69. The lowest BCUT2D eigenvalue weighted by Crippen LogP contribution is -2.18. The van der Waals surface area contributed by atoms with Crippen LogP contribution < -0.4 is 10.2 Å². The minimum atomic E-state index is -0.369. The van der Waals surface area contributed by atoms with E-state index in [2.05, 4.69) is 26.5 Å². The van der Waals surface area contributed by atoms with Gasteiger partial charge in [-0.1, -0.05) is 15.9 Å². The first kappa shape index (κ1) is 17.0. The summed E-state index contributed by atoms with van der Waals surface area (Å²) in [7, 11) is 1.51. The standard InChI is InChI=1S/C17H17BrN2O3/c1-10-6-12(7-11(2)16(10)21)9-19-20-17(22)14-8-13(18)4-5-15(14)23-3/h4-9,21H,1-3H3,(H,20,22)/b19-9+. The predicted octanol–water partition coefficient (Wildman–Crippen LogP) is 3.54. The number of benzene rings is 2. The number of amides is 1. The van der Waals surface area contributed by atoms with E-state index < -0.39 is 0 Å². The number of phenolic OH excluding ortho intramolecular Hbond substituents is 1. The summed E-state index contributed by atoms with van der Waals surface area (Å²) in [6.45, 7) is 3.62. The molecule has 0 unspecified atom stereocenters. The zero-order valence-corrected chi connectivity index (χ0v) is 14.6. The summed E-state index contributed by atoms with van der Waals surface area (Å²) in [4.78, 5) is 12.2. The molecule has 0 aliphatic rings. The van der Waals surface area contributed by atoms with Crippen molar-refractivity contribution in [1.82, 2.24) is 5.43 Å². The van der Waals surface area contributed by atoms with Crippen LogP contribution in [0.15, 0.2) is 39.9 Å². The molecule has 0 heterocycles. The van der Waals surface area contributed by atoms with Crippen LogP contribution in [0, 0.1) is 13.8 Å². The fraction of sp³-hybridized carbons (Fsp3) is 0.176. The van der Waals surface area contributed by atoms with E-state index in [-0.39, 0.29) is 11.7 Å². The van der Waals surface area contributed by atoms with Gasteiger partial charge in [0.1, 0.15) is 11.5 Å². The molecule has 0 atom stereocenters. The number of ether oxygens (including phenoxy) is 1. The zero-order valence-electron chi connectivity index (χ0n) is 13.1. The Bertz CT molecular complexity index is 749. The number of phenols is 1. The van der Waals surface area contributed by atoms with Crippen LogP contribution in [0.5, 0.6) is 11.5 Å². The molecule has 2 aromatic rings. The first-order valence-electron chi connectivity index (χ1n) is 6.89. The van der Waals surface area contributed by atoms with Gasteiger partial charge >= 0.3 is 0 Å². The Morgan fingerprint density at radius 2 is 1.91 bits per heavy atom. The average Bonchev–Trinajstić information content (AvgIpc) is 2.52. The van der Waals surface area contributed by atoms with Crippen molar-refractivity contribution in [2.75, 3.05) is 7.11 Å². The van der Waals surface area contributed by atoms with Crippen molar-refractivity contribution in [1.29, 1.82) is 0 Å². The summed E-state index contributed by atoms with van der Waals surface area (Å²) in [5.41, 5.74) is 5.16. The molecule has 6 heteroatoms. The summed E-state index contributed by atoms with van der Waals surface area (Å²) in [5, 5.41) is 13.7. The first-order chi connectivity index (χ1) is 10.9. The van der Waals surface area contributed by atoms with Crippen LogP contribution in [0.3, 0.4) is 0 Å². The molecule has 0 radical (unpaired) electrons. The summed E-state index contributed by atoms with van der Waals surface area (Å²) < 4.78 is 5.94. The minimum Gasteiger partial charge on any atom is -0.507 e. The highest BCUT2D eigenvalue weighted by molar-refractivity contribution is 9.10. The molecular weight excluding hydrogens is 360 g/mol. The minimum absolute atomic E-state index is 0.269. The van der Waals surface area contributed by atoms with Crippen molar-refractivity contribution >= 4 is 28.1 Å². The van der Waals surface area contributed by atoms with Gasteiger partial charge in [0.15, 0.2) is 0 Å². The maximum atomic E-state index is 12.2. The maximum absolute atomic E-state index is 12.2. The van der Waals surface area contributed by atoms with Crippen molar-refractivity contribution in [3.8, 4) is 11.5 Å². The third kappa shape index (κ3) is 4.10. The van der Waals surface area contributed by atoms with Gasteiger partial charge in [-0.15, -0.1) is 0 Å². The van der Waals surface area contributed by atoms with Gasteiger partial charge in [0.25, 0.3) is 5.91 Å².